The summed E-state index contributed by atoms with van der Waals surface area (Å²) >= 11 is 0. The Morgan fingerprint density at radius 3 is 2.63 bits per heavy atom. The maximum absolute atomic E-state index is 11.9. The molecule has 0 bridgehead atoms. The van der Waals surface area contributed by atoms with Crippen molar-refractivity contribution in [2.75, 3.05) is 0 Å². The number of fused-ring (bicyclic) bond motifs is 1. The van der Waals surface area contributed by atoms with Crippen LogP contribution in [0, 0.1) is 0 Å². The molecule has 6 nitrogen and oxygen atoms in total. The van der Waals surface area contributed by atoms with Gasteiger partial charge in [0.1, 0.15) is 0 Å². The zero-order valence-electron chi connectivity index (χ0n) is 10.3. The zero-order chi connectivity index (χ0) is 13.8. The Labute approximate surface area is 109 Å². The molecule has 6 heteroatoms. The van der Waals surface area contributed by atoms with Crippen molar-refractivity contribution in [3.05, 3.63) is 36.2 Å². The predicted molar refractivity (Wildman–Crippen MR) is 68.7 cm³/mol. The quantitative estimate of drug-likeness (QED) is 0.861. The Balaban J connectivity index is 2.15. The van der Waals surface area contributed by atoms with Crippen molar-refractivity contribution in [1.82, 2.24) is 15.3 Å². The van der Waals surface area contributed by atoms with E-state index in [1.807, 2.05) is 0 Å². The van der Waals surface area contributed by atoms with Crippen LogP contribution in [0.4, 0.5) is 0 Å². The van der Waals surface area contributed by atoms with Crippen LogP contribution in [0.15, 0.2) is 30.6 Å². The van der Waals surface area contributed by atoms with E-state index in [-0.39, 0.29) is 12.3 Å². The molecule has 98 valence electrons. The summed E-state index contributed by atoms with van der Waals surface area (Å²) in [5.41, 5.74) is 1.77. The fourth-order valence-corrected chi connectivity index (χ4v) is 1.72. The molecule has 0 saturated heterocycles. The van der Waals surface area contributed by atoms with E-state index in [9.17, 15) is 9.59 Å². The number of hydrogen-bond donors (Lipinski definition) is 2. The van der Waals surface area contributed by atoms with Crippen molar-refractivity contribution in [2.24, 2.45) is 0 Å². The SMILES string of the molecule is CC(CC(=O)O)NC(=O)c1ccc2nccnc2c1. The highest BCUT2D eigenvalue weighted by molar-refractivity contribution is 5.97. The molecule has 2 rings (SSSR count). The van der Waals surface area contributed by atoms with Crippen LogP contribution in [-0.4, -0.2) is 33.0 Å². The van der Waals surface area contributed by atoms with Gasteiger partial charge in [0.25, 0.3) is 5.91 Å². The monoisotopic (exact) mass is 259 g/mol. The molecule has 2 aromatic rings. The number of benzene rings is 1. The highest BCUT2D eigenvalue weighted by Gasteiger charge is 2.13. The Morgan fingerprint density at radius 2 is 1.95 bits per heavy atom. The topological polar surface area (TPSA) is 92.2 Å². The number of aromatic nitrogens is 2. The van der Waals surface area contributed by atoms with Crippen molar-refractivity contribution in [3.63, 3.8) is 0 Å². The van der Waals surface area contributed by atoms with Gasteiger partial charge in [0.05, 0.1) is 17.5 Å². The summed E-state index contributed by atoms with van der Waals surface area (Å²) < 4.78 is 0. The first-order valence-corrected chi connectivity index (χ1v) is 5.79. The summed E-state index contributed by atoms with van der Waals surface area (Å²) in [5, 5.41) is 11.3. The third-order valence-corrected chi connectivity index (χ3v) is 2.59. The summed E-state index contributed by atoms with van der Waals surface area (Å²) in [6.45, 7) is 1.65. The zero-order valence-corrected chi connectivity index (χ0v) is 10.3. The van der Waals surface area contributed by atoms with Gasteiger partial charge in [0, 0.05) is 24.0 Å². The predicted octanol–water partition coefficient (Wildman–Crippen LogP) is 1.22. The van der Waals surface area contributed by atoms with Gasteiger partial charge in [0.15, 0.2) is 0 Å². The number of hydrogen-bond acceptors (Lipinski definition) is 4. The Bertz CT molecular complexity index is 627. The molecule has 0 fully saturated rings. The first-order chi connectivity index (χ1) is 9.06. The van der Waals surface area contributed by atoms with Crippen molar-refractivity contribution < 1.29 is 14.7 Å². The van der Waals surface area contributed by atoms with E-state index in [4.69, 9.17) is 5.11 Å². The number of amides is 1. The third-order valence-electron chi connectivity index (χ3n) is 2.59. The minimum atomic E-state index is -0.947. The van der Waals surface area contributed by atoms with Gasteiger partial charge in [-0.05, 0) is 25.1 Å². The van der Waals surface area contributed by atoms with E-state index < -0.39 is 12.0 Å². The van der Waals surface area contributed by atoms with Crippen LogP contribution in [0.3, 0.4) is 0 Å². The Hall–Kier alpha value is -2.50. The number of nitrogens with zero attached hydrogens (tertiary/aromatic N) is 2. The first kappa shape index (κ1) is 12.9. The van der Waals surface area contributed by atoms with Crippen LogP contribution < -0.4 is 5.32 Å². The minimum Gasteiger partial charge on any atom is -0.481 e. The van der Waals surface area contributed by atoms with Crippen molar-refractivity contribution in [1.29, 1.82) is 0 Å². The largest absolute Gasteiger partial charge is 0.481 e. The molecule has 1 amide bonds. The molecular formula is C13H13N3O3. The molecule has 2 N–H and O–H groups in total. The molecule has 1 aromatic heterocycles. The van der Waals surface area contributed by atoms with Gasteiger partial charge >= 0.3 is 5.97 Å². The lowest BCUT2D eigenvalue weighted by Crippen LogP contribution is -2.34. The van der Waals surface area contributed by atoms with Crippen LogP contribution in [-0.2, 0) is 4.79 Å². The maximum Gasteiger partial charge on any atom is 0.305 e. The fourth-order valence-electron chi connectivity index (χ4n) is 1.72. The average Bonchev–Trinajstić information content (AvgIpc) is 2.37. The van der Waals surface area contributed by atoms with Gasteiger partial charge in [-0.3, -0.25) is 19.6 Å². The number of carbonyl (C=O) groups is 2. The van der Waals surface area contributed by atoms with Crippen LogP contribution >= 0.6 is 0 Å². The number of carboxylic acid groups (broad SMARTS) is 1. The lowest BCUT2D eigenvalue weighted by atomic mass is 10.1. The van der Waals surface area contributed by atoms with Crippen LogP contribution in [0.5, 0.6) is 0 Å². The van der Waals surface area contributed by atoms with Gasteiger partial charge < -0.3 is 10.4 Å². The summed E-state index contributed by atoms with van der Waals surface area (Å²) in [6, 6.07) is 4.55. The number of nitrogens with one attached hydrogen (secondary N) is 1. The molecule has 0 aliphatic rings. The number of carboxylic acids is 1. The number of carbonyl (C=O) groups excluding carboxylic acids is 1. The third kappa shape index (κ3) is 3.25. The second-order valence-electron chi connectivity index (χ2n) is 4.23. The van der Waals surface area contributed by atoms with E-state index in [1.165, 1.54) is 0 Å². The summed E-state index contributed by atoms with van der Waals surface area (Å²) in [5.74, 6) is -1.27. The molecule has 1 atom stereocenters. The van der Waals surface area contributed by atoms with Crippen LogP contribution in [0.2, 0.25) is 0 Å². The van der Waals surface area contributed by atoms with E-state index >= 15 is 0 Å². The molecule has 1 aromatic carbocycles. The number of rotatable bonds is 4. The normalized spacial score (nSPS) is 12.1. The molecule has 0 aliphatic heterocycles. The second-order valence-corrected chi connectivity index (χ2v) is 4.23. The molecule has 1 unspecified atom stereocenters. The van der Waals surface area contributed by atoms with E-state index in [1.54, 1.807) is 37.5 Å². The minimum absolute atomic E-state index is 0.112. The summed E-state index contributed by atoms with van der Waals surface area (Å²) in [4.78, 5) is 30.7. The highest BCUT2D eigenvalue weighted by Crippen LogP contribution is 2.11. The van der Waals surface area contributed by atoms with E-state index in [0.717, 1.165) is 0 Å². The Kier molecular flexibility index (Phi) is 3.70. The standard InChI is InChI=1S/C13H13N3O3/c1-8(6-12(17)18)16-13(19)9-2-3-10-11(7-9)15-5-4-14-10/h2-5,7-8H,6H2,1H3,(H,16,19)(H,17,18). The molecule has 19 heavy (non-hydrogen) atoms. The Morgan fingerprint density at radius 1 is 1.26 bits per heavy atom. The second kappa shape index (κ2) is 5.43. The van der Waals surface area contributed by atoms with Crippen molar-refractivity contribution >= 4 is 22.9 Å². The van der Waals surface area contributed by atoms with Gasteiger partial charge in [-0.1, -0.05) is 0 Å². The lowest BCUT2D eigenvalue weighted by Gasteiger charge is -2.11. The maximum atomic E-state index is 11.9. The molecule has 0 radical (unpaired) electrons. The smallest absolute Gasteiger partial charge is 0.305 e. The van der Waals surface area contributed by atoms with Gasteiger partial charge in [-0.2, -0.15) is 0 Å². The summed E-state index contributed by atoms with van der Waals surface area (Å²) in [6.07, 6.45) is 3.02. The van der Waals surface area contributed by atoms with Crippen molar-refractivity contribution in [2.45, 2.75) is 19.4 Å². The molecule has 0 aliphatic carbocycles. The molecule has 1 heterocycles. The van der Waals surface area contributed by atoms with Crippen LogP contribution in [0.25, 0.3) is 11.0 Å². The molecular weight excluding hydrogens is 246 g/mol. The van der Waals surface area contributed by atoms with E-state index in [0.29, 0.717) is 16.6 Å². The molecule has 0 spiro atoms. The molecule has 0 saturated carbocycles. The van der Waals surface area contributed by atoms with Gasteiger partial charge in [-0.25, -0.2) is 0 Å². The summed E-state index contributed by atoms with van der Waals surface area (Å²) in [7, 11) is 0. The van der Waals surface area contributed by atoms with Crippen molar-refractivity contribution in [3.8, 4) is 0 Å². The van der Waals surface area contributed by atoms with Crippen LogP contribution in [0.1, 0.15) is 23.7 Å². The number of aliphatic carboxylic acids is 1. The van der Waals surface area contributed by atoms with E-state index in [2.05, 4.69) is 15.3 Å². The first-order valence-electron chi connectivity index (χ1n) is 5.79. The highest BCUT2D eigenvalue weighted by atomic mass is 16.4. The fraction of sp³-hybridized carbons (Fsp3) is 0.231. The lowest BCUT2D eigenvalue weighted by molar-refractivity contribution is -0.137. The van der Waals surface area contributed by atoms with Gasteiger partial charge in [-0.15, -0.1) is 0 Å². The average molecular weight is 259 g/mol. The van der Waals surface area contributed by atoms with Gasteiger partial charge in [0.2, 0.25) is 0 Å².